The molecule has 4 atom stereocenters. The fourth-order valence-corrected chi connectivity index (χ4v) is 1.44. The molecule has 1 nitrogen and oxygen atoms in total. The molecular formula is C8H16O. The van der Waals surface area contributed by atoms with Gasteiger partial charge in [-0.3, -0.25) is 0 Å². The van der Waals surface area contributed by atoms with E-state index in [9.17, 15) is 0 Å². The van der Waals surface area contributed by atoms with Crippen LogP contribution in [0.3, 0.4) is 0 Å². The van der Waals surface area contributed by atoms with Crippen molar-refractivity contribution in [2.75, 3.05) is 0 Å². The molecule has 9 heavy (non-hydrogen) atoms. The van der Waals surface area contributed by atoms with Gasteiger partial charge in [0, 0.05) is 0 Å². The molecule has 1 heterocycles. The predicted molar refractivity (Wildman–Crippen MR) is 38.3 cm³/mol. The molecule has 0 radical (unpaired) electrons. The van der Waals surface area contributed by atoms with Crippen LogP contribution < -0.4 is 0 Å². The summed E-state index contributed by atoms with van der Waals surface area (Å²) in [6.07, 6.45) is 0.935. The summed E-state index contributed by atoms with van der Waals surface area (Å²) in [7, 11) is 0. The number of ether oxygens (including phenoxy) is 1. The average Bonchev–Trinajstić information content (AvgIpc) is 1.98. The van der Waals surface area contributed by atoms with Gasteiger partial charge in [-0.15, -0.1) is 0 Å². The lowest BCUT2D eigenvalue weighted by molar-refractivity contribution is 0.0524. The number of hydrogen-bond donors (Lipinski definition) is 0. The van der Waals surface area contributed by atoms with E-state index in [1.165, 1.54) is 0 Å². The minimum atomic E-state index is 0.468. The lowest BCUT2D eigenvalue weighted by Crippen LogP contribution is -2.12. The van der Waals surface area contributed by atoms with Crippen molar-refractivity contribution < 1.29 is 4.74 Å². The normalized spacial score (nSPS) is 52.0. The largest absolute Gasteiger partial charge is 0.375 e. The monoisotopic (exact) mass is 128 g/mol. The van der Waals surface area contributed by atoms with Crippen molar-refractivity contribution in [1.29, 1.82) is 0 Å². The van der Waals surface area contributed by atoms with Crippen LogP contribution in [0.15, 0.2) is 0 Å². The molecule has 0 spiro atoms. The van der Waals surface area contributed by atoms with E-state index in [4.69, 9.17) is 4.74 Å². The fourth-order valence-electron chi connectivity index (χ4n) is 1.44. The quantitative estimate of drug-likeness (QED) is 0.485. The second-order valence-corrected chi connectivity index (χ2v) is 3.26. The first-order valence-electron chi connectivity index (χ1n) is 3.78. The third kappa shape index (κ3) is 1.11. The average molecular weight is 128 g/mol. The van der Waals surface area contributed by atoms with Gasteiger partial charge in [-0.25, -0.2) is 0 Å². The van der Waals surface area contributed by atoms with Gasteiger partial charge in [0.1, 0.15) is 0 Å². The third-order valence-electron chi connectivity index (χ3n) is 2.74. The van der Waals surface area contributed by atoms with Crippen LogP contribution in [0.1, 0.15) is 27.7 Å². The van der Waals surface area contributed by atoms with Crippen molar-refractivity contribution in [3.63, 3.8) is 0 Å². The lowest BCUT2D eigenvalue weighted by atomic mass is 9.92. The van der Waals surface area contributed by atoms with Crippen molar-refractivity contribution in [3.8, 4) is 0 Å². The first-order chi connectivity index (χ1) is 4.13. The molecule has 0 aliphatic carbocycles. The van der Waals surface area contributed by atoms with E-state index in [1.54, 1.807) is 0 Å². The van der Waals surface area contributed by atoms with Crippen molar-refractivity contribution >= 4 is 0 Å². The second kappa shape index (κ2) is 2.30. The number of rotatable bonds is 0. The molecule has 0 saturated carbocycles. The third-order valence-corrected chi connectivity index (χ3v) is 2.74. The van der Waals surface area contributed by atoms with Crippen molar-refractivity contribution in [1.82, 2.24) is 0 Å². The van der Waals surface area contributed by atoms with E-state index in [1.807, 2.05) is 0 Å². The molecule has 0 aromatic carbocycles. The van der Waals surface area contributed by atoms with Crippen LogP contribution in [-0.4, -0.2) is 12.2 Å². The van der Waals surface area contributed by atoms with Crippen LogP contribution in [0.2, 0.25) is 0 Å². The van der Waals surface area contributed by atoms with Gasteiger partial charge in [0.05, 0.1) is 12.2 Å². The van der Waals surface area contributed by atoms with Crippen LogP contribution in [0.4, 0.5) is 0 Å². The van der Waals surface area contributed by atoms with Crippen LogP contribution in [0.5, 0.6) is 0 Å². The second-order valence-electron chi connectivity index (χ2n) is 3.26. The van der Waals surface area contributed by atoms with Gasteiger partial charge in [0.15, 0.2) is 0 Å². The lowest BCUT2D eigenvalue weighted by Gasteiger charge is -2.10. The van der Waals surface area contributed by atoms with Crippen LogP contribution in [-0.2, 0) is 4.74 Å². The fraction of sp³-hybridized carbons (Fsp3) is 1.00. The maximum atomic E-state index is 5.59. The van der Waals surface area contributed by atoms with Crippen molar-refractivity contribution in [2.24, 2.45) is 11.8 Å². The zero-order valence-corrected chi connectivity index (χ0v) is 6.72. The van der Waals surface area contributed by atoms with Crippen LogP contribution in [0.25, 0.3) is 0 Å². The molecule has 54 valence electrons. The minimum absolute atomic E-state index is 0.468. The van der Waals surface area contributed by atoms with Crippen LogP contribution >= 0.6 is 0 Å². The highest BCUT2D eigenvalue weighted by Gasteiger charge is 2.32. The first-order valence-corrected chi connectivity index (χ1v) is 3.78. The summed E-state index contributed by atoms with van der Waals surface area (Å²) >= 11 is 0. The smallest absolute Gasteiger partial charge is 0.0579 e. The molecule has 0 amide bonds. The Bertz CT molecular complexity index is 88.7. The maximum Gasteiger partial charge on any atom is 0.0579 e. The highest BCUT2D eigenvalue weighted by molar-refractivity contribution is 4.80. The van der Waals surface area contributed by atoms with Gasteiger partial charge in [0.2, 0.25) is 0 Å². The van der Waals surface area contributed by atoms with E-state index in [0.717, 1.165) is 11.8 Å². The first kappa shape index (κ1) is 7.07. The Morgan fingerprint density at radius 1 is 0.778 bits per heavy atom. The summed E-state index contributed by atoms with van der Waals surface area (Å²) < 4.78 is 5.59. The number of hydrogen-bond acceptors (Lipinski definition) is 1. The Morgan fingerprint density at radius 2 is 1.11 bits per heavy atom. The van der Waals surface area contributed by atoms with E-state index in [2.05, 4.69) is 27.7 Å². The van der Waals surface area contributed by atoms with E-state index >= 15 is 0 Å². The SMILES string of the molecule is CC1O[C@@H](C)C(C)[C@H]1C. The van der Waals surface area contributed by atoms with Crippen molar-refractivity contribution in [2.45, 2.75) is 39.9 Å². The summed E-state index contributed by atoms with van der Waals surface area (Å²) in [6.45, 7) is 8.84. The zero-order chi connectivity index (χ0) is 7.02. The van der Waals surface area contributed by atoms with E-state index < -0.39 is 0 Å². The molecule has 0 N–H and O–H groups in total. The molecule has 1 aliphatic rings. The van der Waals surface area contributed by atoms with Gasteiger partial charge in [0.25, 0.3) is 0 Å². The Morgan fingerprint density at radius 3 is 1.22 bits per heavy atom. The Kier molecular flexibility index (Phi) is 1.80. The summed E-state index contributed by atoms with van der Waals surface area (Å²) in [5, 5.41) is 0. The molecule has 0 bridgehead atoms. The molecular weight excluding hydrogens is 112 g/mol. The standard InChI is InChI=1S/C8H16O/c1-5-6(2)8(4)9-7(5)3/h5-8H,1-4H3/t5-,6?,7?,8+/m1/s1. The Labute approximate surface area is 57.4 Å². The molecule has 0 aromatic heterocycles. The molecule has 2 unspecified atom stereocenters. The topological polar surface area (TPSA) is 9.23 Å². The minimum Gasteiger partial charge on any atom is -0.375 e. The molecule has 1 aliphatic heterocycles. The maximum absolute atomic E-state index is 5.59. The molecule has 1 fully saturated rings. The highest BCUT2D eigenvalue weighted by atomic mass is 16.5. The Balaban J connectivity index is 2.54. The van der Waals surface area contributed by atoms with Gasteiger partial charge < -0.3 is 4.74 Å². The van der Waals surface area contributed by atoms with E-state index in [-0.39, 0.29) is 0 Å². The predicted octanol–water partition coefficient (Wildman–Crippen LogP) is 2.07. The summed E-state index contributed by atoms with van der Waals surface area (Å²) in [5.74, 6) is 1.47. The van der Waals surface area contributed by atoms with Gasteiger partial charge in [-0.2, -0.15) is 0 Å². The van der Waals surface area contributed by atoms with Gasteiger partial charge >= 0.3 is 0 Å². The van der Waals surface area contributed by atoms with E-state index in [0.29, 0.717) is 12.2 Å². The van der Waals surface area contributed by atoms with Crippen LogP contribution in [0, 0.1) is 11.8 Å². The molecule has 1 heteroatoms. The van der Waals surface area contributed by atoms with Crippen molar-refractivity contribution in [3.05, 3.63) is 0 Å². The summed E-state index contributed by atoms with van der Waals surface area (Å²) in [5.41, 5.74) is 0. The Hall–Kier alpha value is -0.0400. The summed E-state index contributed by atoms with van der Waals surface area (Å²) in [4.78, 5) is 0. The zero-order valence-electron chi connectivity index (χ0n) is 6.72. The van der Waals surface area contributed by atoms with Gasteiger partial charge in [-0.1, -0.05) is 13.8 Å². The summed E-state index contributed by atoms with van der Waals surface area (Å²) in [6, 6.07) is 0. The molecule has 0 aromatic rings. The van der Waals surface area contributed by atoms with Gasteiger partial charge in [-0.05, 0) is 25.7 Å². The molecule has 1 rings (SSSR count). The highest BCUT2D eigenvalue weighted by Crippen LogP contribution is 2.30. The molecule has 1 saturated heterocycles.